The molecule has 0 bridgehead atoms. The van der Waals surface area contributed by atoms with Gasteiger partial charge in [0.05, 0.1) is 0 Å². The van der Waals surface area contributed by atoms with E-state index in [0.29, 0.717) is 4.99 Å². The molecular weight excluding hydrogens is 320 g/mol. The zero-order valence-electron chi connectivity index (χ0n) is 10.4. The molecule has 0 heterocycles. The third-order valence-corrected chi connectivity index (χ3v) is 3.70. The van der Waals surface area contributed by atoms with E-state index in [0.717, 1.165) is 28.7 Å². The maximum atomic E-state index is 5.62. The van der Waals surface area contributed by atoms with E-state index < -0.39 is 0 Å². The molecule has 2 rings (SSSR count). The van der Waals surface area contributed by atoms with Gasteiger partial charge < -0.3 is 11.1 Å². The van der Waals surface area contributed by atoms with Crippen LogP contribution >= 0.6 is 28.1 Å². The van der Waals surface area contributed by atoms with Crippen molar-refractivity contribution in [1.82, 2.24) is 0 Å². The molecule has 0 radical (unpaired) electrons. The molecule has 0 saturated carbocycles. The fourth-order valence-electron chi connectivity index (χ4n) is 1.82. The topological polar surface area (TPSA) is 38.0 Å². The molecule has 0 amide bonds. The summed E-state index contributed by atoms with van der Waals surface area (Å²) in [4.78, 5) is 0.405. The van der Waals surface area contributed by atoms with E-state index in [2.05, 4.69) is 45.5 Å². The fourth-order valence-corrected chi connectivity index (χ4v) is 2.72. The van der Waals surface area contributed by atoms with Crippen molar-refractivity contribution in [2.75, 3.05) is 11.9 Å². The summed E-state index contributed by atoms with van der Waals surface area (Å²) >= 11 is 8.45. The smallest absolute Gasteiger partial charge is 0.105 e. The minimum atomic E-state index is 0.405. The molecule has 2 aromatic carbocycles. The minimum absolute atomic E-state index is 0.405. The predicted molar refractivity (Wildman–Crippen MR) is 88.7 cm³/mol. The van der Waals surface area contributed by atoms with Crippen molar-refractivity contribution in [3.05, 3.63) is 64.1 Å². The van der Waals surface area contributed by atoms with Crippen molar-refractivity contribution >= 4 is 38.8 Å². The van der Waals surface area contributed by atoms with Gasteiger partial charge in [-0.2, -0.15) is 0 Å². The van der Waals surface area contributed by atoms with E-state index in [9.17, 15) is 0 Å². The average Bonchev–Trinajstić information content (AvgIpc) is 2.39. The summed E-state index contributed by atoms with van der Waals surface area (Å²) in [6.45, 7) is 0.892. The molecule has 19 heavy (non-hydrogen) atoms. The second kappa shape index (κ2) is 6.68. The highest BCUT2D eigenvalue weighted by molar-refractivity contribution is 9.10. The van der Waals surface area contributed by atoms with Crippen molar-refractivity contribution in [1.29, 1.82) is 0 Å². The Morgan fingerprint density at radius 2 is 1.89 bits per heavy atom. The lowest BCUT2D eigenvalue weighted by Crippen LogP contribution is -2.11. The molecule has 2 aromatic rings. The van der Waals surface area contributed by atoms with E-state index in [1.807, 2.05) is 24.3 Å². The molecule has 0 saturated heterocycles. The van der Waals surface area contributed by atoms with Gasteiger partial charge in [-0.15, -0.1) is 0 Å². The summed E-state index contributed by atoms with van der Waals surface area (Å²) in [5.41, 5.74) is 8.87. The number of thiocarbonyl (C=S) groups is 1. The molecule has 0 fully saturated rings. The van der Waals surface area contributed by atoms with E-state index >= 15 is 0 Å². The first kappa shape index (κ1) is 14.0. The molecule has 4 heteroatoms. The van der Waals surface area contributed by atoms with Crippen LogP contribution in [0.15, 0.2) is 53.0 Å². The molecule has 0 aliphatic rings. The maximum absolute atomic E-state index is 5.62. The van der Waals surface area contributed by atoms with Crippen LogP contribution in [-0.4, -0.2) is 11.5 Å². The maximum Gasteiger partial charge on any atom is 0.105 e. The first-order valence-electron chi connectivity index (χ1n) is 6.04. The molecule has 0 aromatic heterocycles. The highest BCUT2D eigenvalue weighted by Crippen LogP contribution is 2.21. The fraction of sp³-hybridized carbons (Fsp3) is 0.133. The van der Waals surface area contributed by atoms with Crippen molar-refractivity contribution in [3.63, 3.8) is 0 Å². The number of hydrogen-bond donors (Lipinski definition) is 2. The van der Waals surface area contributed by atoms with Gasteiger partial charge in [0.1, 0.15) is 4.99 Å². The van der Waals surface area contributed by atoms with Crippen molar-refractivity contribution in [2.24, 2.45) is 5.73 Å². The summed E-state index contributed by atoms with van der Waals surface area (Å²) in [6, 6.07) is 16.3. The van der Waals surface area contributed by atoms with Gasteiger partial charge in [0, 0.05) is 22.3 Å². The number of nitrogens with one attached hydrogen (secondary N) is 1. The zero-order valence-corrected chi connectivity index (χ0v) is 12.8. The highest BCUT2D eigenvalue weighted by atomic mass is 79.9. The summed E-state index contributed by atoms with van der Waals surface area (Å²) in [5, 5.41) is 3.39. The number of anilines is 1. The predicted octanol–water partition coefficient (Wildman–Crippen LogP) is 3.74. The van der Waals surface area contributed by atoms with Crippen molar-refractivity contribution in [2.45, 2.75) is 6.42 Å². The second-order valence-electron chi connectivity index (χ2n) is 4.22. The minimum Gasteiger partial charge on any atom is -0.389 e. The Bertz CT molecular complexity index is 570. The molecule has 3 N–H and O–H groups in total. The SMILES string of the molecule is NC(=S)c1ccc(NCCc2ccccc2)cc1Br. The summed E-state index contributed by atoms with van der Waals surface area (Å²) in [7, 11) is 0. The van der Waals surface area contributed by atoms with Gasteiger partial charge in [0.2, 0.25) is 0 Å². The molecule has 98 valence electrons. The Morgan fingerprint density at radius 1 is 1.16 bits per heavy atom. The van der Waals surface area contributed by atoms with Crippen LogP contribution in [0.4, 0.5) is 5.69 Å². The number of hydrogen-bond acceptors (Lipinski definition) is 2. The monoisotopic (exact) mass is 334 g/mol. The number of rotatable bonds is 5. The number of benzene rings is 2. The lowest BCUT2D eigenvalue weighted by atomic mass is 10.1. The van der Waals surface area contributed by atoms with Crippen LogP contribution in [0.5, 0.6) is 0 Å². The molecule has 0 aliphatic heterocycles. The van der Waals surface area contributed by atoms with Gasteiger partial charge in [-0.25, -0.2) is 0 Å². The van der Waals surface area contributed by atoms with Crippen LogP contribution < -0.4 is 11.1 Å². The van der Waals surface area contributed by atoms with Crippen LogP contribution in [0.25, 0.3) is 0 Å². The Kier molecular flexibility index (Phi) is 4.93. The van der Waals surface area contributed by atoms with E-state index in [4.69, 9.17) is 18.0 Å². The molecular formula is C15H15BrN2S. The number of halogens is 1. The van der Waals surface area contributed by atoms with Gasteiger partial charge in [-0.05, 0) is 46.1 Å². The van der Waals surface area contributed by atoms with Crippen LogP contribution in [0.1, 0.15) is 11.1 Å². The molecule has 0 aliphatic carbocycles. The Hall–Kier alpha value is -1.39. The standard InChI is InChI=1S/C15H15BrN2S/c16-14-10-12(6-7-13(14)15(17)19)18-9-8-11-4-2-1-3-5-11/h1-7,10,18H,8-9H2,(H2,17,19). The van der Waals surface area contributed by atoms with Gasteiger partial charge in [0.15, 0.2) is 0 Å². The van der Waals surface area contributed by atoms with E-state index in [1.54, 1.807) is 0 Å². The van der Waals surface area contributed by atoms with Crippen LogP contribution in [0.3, 0.4) is 0 Å². The van der Waals surface area contributed by atoms with Crippen LogP contribution in [0.2, 0.25) is 0 Å². The van der Waals surface area contributed by atoms with Crippen LogP contribution in [-0.2, 0) is 6.42 Å². The first-order valence-corrected chi connectivity index (χ1v) is 7.24. The quantitative estimate of drug-likeness (QED) is 0.818. The van der Waals surface area contributed by atoms with Gasteiger partial charge in [0.25, 0.3) is 0 Å². The van der Waals surface area contributed by atoms with E-state index in [1.165, 1.54) is 5.56 Å². The summed E-state index contributed by atoms with van der Waals surface area (Å²) in [5.74, 6) is 0. The van der Waals surface area contributed by atoms with Gasteiger partial charge in [-0.3, -0.25) is 0 Å². The van der Waals surface area contributed by atoms with Gasteiger partial charge in [-0.1, -0.05) is 42.5 Å². The van der Waals surface area contributed by atoms with E-state index in [-0.39, 0.29) is 0 Å². The normalized spacial score (nSPS) is 10.2. The largest absolute Gasteiger partial charge is 0.389 e. The number of nitrogens with two attached hydrogens (primary N) is 1. The third kappa shape index (κ3) is 4.04. The molecule has 2 nitrogen and oxygen atoms in total. The Morgan fingerprint density at radius 3 is 2.53 bits per heavy atom. The Labute approximate surface area is 127 Å². The van der Waals surface area contributed by atoms with Crippen molar-refractivity contribution in [3.8, 4) is 0 Å². The summed E-state index contributed by atoms with van der Waals surface area (Å²) in [6.07, 6.45) is 0.996. The van der Waals surface area contributed by atoms with Gasteiger partial charge >= 0.3 is 0 Å². The zero-order chi connectivity index (χ0) is 13.7. The average molecular weight is 335 g/mol. The van der Waals surface area contributed by atoms with Crippen molar-refractivity contribution < 1.29 is 0 Å². The third-order valence-electron chi connectivity index (χ3n) is 2.82. The molecule has 0 atom stereocenters. The Balaban J connectivity index is 1.93. The lowest BCUT2D eigenvalue weighted by Gasteiger charge is -2.09. The molecule has 0 spiro atoms. The molecule has 0 unspecified atom stereocenters. The van der Waals surface area contributed by atoms with Crippen LogP contribution in [0, 0.1) is 0 Å². The second-order valence-corrected chi connectivity index (χ2v) is 5.52. The summed E-state index contributed by atoms with van der Waals surface area (Å²) < 4.78 is 0.921. The highest BCUT2D eigenvalue weighted by Gasteiger charge is 2.03. The first-order chi connectivity index (χ1) is 9.16. The lowest BCUT2D eigenvalue weighted by molar-refractivity contribution is 1.02.